The Bertz CT molecular complexity index is 1080. The average Bonchev–Trinajstić information content (AvgIpc) is 3.25. The lowest BCUT2D eigenvalue weighted by Crippen LogP contribution is -2.03. The van der Waals surface area contributed by atoms with Gasteiger partial charge in [-0.15, -0.1) is 0 Å². The number of oxazole rings is 1. The van der Waals surface area contributed by atoms with Gasteiger partial charge in [0.15, 0.2) is 11.5 Å². The zero-order valence-electron chi connectivity index (χ0n) is 15.3. The second-order valence-corrected chi connectivity index (χ2v) is 6.29. The van der Waals surface area contributed by atoms with Crippen LogP contribution in [0.2, 0.25) is 0 Å². The number of rotatable bonds is 6. The summed E-state index contributed by atoms with van der Waals surface area (Å²) in [5.41, 5.74) is 3.00. The fourth-order valence-corrected chi connectivity index (χ4v) is 3.20. The van der Waals surface area contributed by atoms with E-state index in [0.29, 0.717) is 36.1 Å². The SMILES string of the molecule is CCc1nc(-c2nn(Cc3ccccc3F)c3ccccc23)oc1COC. The first-order chi connectivity index (χ1) is 13.2. The Kier molecular flexibility index (Phi) is 4.73. The van der Waals surface area contributed by atoms with E-state index in [4.69, 9.17) is 14.3 Å². The highest BCUT2D eigenvalue weighted by Gasteiger charge is 2.20. The molecule has 4 aromatic rings. The van der Waals surface area contributed by atoms with Gasteiger partial charge < -0.3 is 9.15 Å². The van der Waals surface area contributed by atoms with Crippen molar-refractivity contribution in [2.45, 2.75) is 26.5 Å². The molecule has 0 aliphatic heterocycles. The first-order valence-corrected chi connectivity index (χ1v) is 8.88. The maximum absolute atomic E-state index is 14.1. The Morgan fingerprint density at radius 2 is 1.89 bits per heavy atom. The third kappa shape index (κ3) is 3.24. The Hall–Kier alpha value is -2.99. The van der Waals surface area contributed by atoms with Gasteiger partial charge >= 0.3 is 0 Å². The summed E-state index contributed by atoms with van der Waals surface area (Å²) in [6.07, 6.45) is 0.746. The van der Waals surface area contributed by atoms with Crippen LogP contribution >= 0.6 is 0 Å². The van der Waals surface area contributed by atoms with Crippen LogP contribution in [0.15, 0.2) is 52.9 Å². The van der Waals surface area contributed by atoms with Gasteiger partial charge in [-0.3, -0.25) is 4.68 Å². The normalized spacial score (nSPS) is 11.4. The number of hydrogen-bond acceptors (Lipinski definition) is 4. The van der Waals surface area contributed by atoms with Crippen molar-refractivity contribution in [3.05, 3.63) is 71.4 Å². The monoisotopic (exact) mass is 365 g/mol. The molecule has 0 radical (unpaired) electrons. The molecule has 27 heavy (non-hydrogen) atoms. The molecule has 138 valence electrons. The number of nitrogens with zero attached hydrogens (tertiary/aromatic N) is 3. The molecule has 0 aliphatic rings. The van der Waals surface area contributed by atoms with E-state index in [1.54, 1.807) is 23.9 Å². The summed E-state index contributed by atoms with van der Waals surface area (Å²) in [6, 6.07) is 14.6. The van der Waals surface area contributed by atoms with Crippen LogP contribution in [0.4, 0.5) is 4.39 Å². The molecule has 0 atom stereocenters. The Labute approximate surface area is 156 Å². The topological polar surface area (TPSA) is 53.1 Å². The lowest BCUT2D eigenvalue weighted by molar-refractivity contribution is 0.164. The van der Waals surface area contributed by atoms with Gasteiger partial charge in [0.25, 0.3) is 0 Å². The van der Waals surface area contributed by atoms with Gasteiger partial charge in [-0.05, 0) is 18.6 Å². The molecule has 0 bridgehead atoms. The van der Waals surface area contributed by atoms with Crippen molar-refractivity contribution in [2.75, 3.05) is 7.11 Å². The summed E-state index contributed by atoms with van der Waals surface area (Å²) in [4.78, 5) is 4.61. The number of aryl methyl sites for hydroxylation is 1. The first-order valence-electron chi connectivity index (χ1n) is 8.88. The number of para-hydroxylation sites is 1. The van der Waals surface area contributed by atoms with Crippen LogP contribution in [-0.2, 0) is 24.3 Å². The van der Waals surface area contributed by atoms with Crippen LogP contribution in [-0.4, -0.2) is 21.9 Å². The summed E-state index contributed by atoms with van der Waals surface area (Å²) in [6.45, 7) is 2.72. The number of aromatic nitrogens is 3. The third-order valence-corrected chi connectivity index (χ3v) is 4.53. The summed E-state index contributed by atoms with van der Waals surface area (Å²) < 4.78 is 27.0. The minimum absolute atomic E-state index is 0.245. The van der Waals surface area contributed by atoms with Gasteiger partial charge in [-0.25, -0.2) is 9.37 Å². The van der Waals surface area contributed by atoms with Crippen molar-refractivity contribution in [3.63, 3.8) is 0 Å². The van der Waals surface area contributed by atoms with Crippen LogP contribution in [0.3, 0.4) is 0 Å². The summed E-state index contributed by atoms with van der Waals surface area (Å²) in [5, 5.41) is 5.62. The van der Waals surface area contributed by atoms with Gasteiger partial charge in [0.05, 0.1) is 17.8 Å². The van der Waals surface area contributed by atoms with Gasteiger partial charge in [0, 0.05) is 18.1 Å². The second-order valence-electron chi connectivity index (χ2n) is 6.29. The molecule has 0 spiro atoms. The lowest BCUT2D eigenvalue weighted by atomic mass is 10.2. The standard InChI is InChI=1S/C21H20FN3O2/c1-3-17-19(13-26-2)27-21(23-17)20-15-9-5-7-11-18(15)25(24-20)12-14-8-4-6-10-16(14)22/h4-11H,3,12-13H2,1-2H3. The third-order valence-electron chi connectivity index (χ3n) is 4.53. The molecular weight excluding hydrogens is 345 g/mol. The molecule has 0 fully saturated rings. The molecule has 4 rings (SSSR count). The van der Waals surface area contributed by atoms with E-state index in [2.05, 4.69) is 4.98 Å². The molecule has 0 unspecified atom stereocenters. The number of ether oxygens (including phenoxy) is 1. The minimum atomic E-state index is -0.245. The van der Waals surface area contributed by atoms with Crippen molar-refractivity contribution >= 4 is 10.9 Å². The highest BCUT2D eigenvalue weighted by Crippen LogP contribution is 2.30. The van der Waals surface area contributed by atoms with Gasteiger partial charge in [0.2, 0.25) is 5.89 Å². The van der Waals surface area contributed by atoms with Crippen LogP contribution in [0.5, 0.6) is 0 Å². The van der Waals surface area contributed by atoms with Gasteiger partial charge in [-0.1, -0.05) is 43.3 Å². The predicted molar refractivity (Wildman–Crippen MR) is 101 cm³/mol. The molecule has 2 aromatic carbocycles. The number of hydrogen-bond donors (Lipinski definition) is 0. The van der Waals surface area contributed by atoms with Gasteiger partial charge in [-0.2, -0.15) is 5.10 Å². The van der Waals surface area contributed by atoms with Crippen molar-refractivity contribution < 1.29 is 13.5 Å². The molecule has 2 aromatic heterocycles. The molecule has 0 saturated heterocycles. The summed E-state index contributed by atoms with van der Waals surface area (Å²) in [5.74, 6) is 0.926. The van der Waals surface area contributed by atoms with Crippen molar-refractivity contribution in [3.8, 4) is 11.6 Å². The molecule has 0 aliphatic carbocycles. The zero-order chi connectivity index (χ0) is 18.8. The summed E-state index contributed by atoms with van der Waals surface area (Å²) in [7, 11) is 1.63. The molecule has 6 heteroatoms. The van der Waals surface area contributed by atoms with E-state index >= 15 is 0 Å². The Balaban J connectivity index is 1.82. The summed E-state index contributed by atoms with van der Waals surface area (Å²) >= 11 is 0. The lowest BCUT2D eigenvalue weighted by Gasteiger charge is -2.04. The smallest absolute Gasteiger partial charge is 0.248 e. The van der Waals surface area contributed by atoms with E-state index in [9.17, 15) is 4.39 Å². The number of halogens is 1. The Morgan fingerprint density at radius 1 is 1.11 bits per heavy atom. The molecule has 0 amide bonds. The van der Waals surface area contributed by atoms with Crippen LogP contribution in [0.25, 0.3) is 22.5 Å². The second kappa shape index (κ2) is 7.32. The van der Waals surface area contributed by atoms with E-state index in [0.717, 1.165) is 23.0 Å². The maximum Gasteiger partial charge on any atom is 0.248 e. The quantitative estimate of drug-likeness (QED) is 0.502. The molecule has 0 N–H and O–H groups in total. The van der Waals surface area contributed by atoms with E-state index in [1.165, 1.54) is 6.07 Å². The highest BCUT2D eigenvalue weighted by atomic mass is 19.1. The van der Waals surface area contributed by atoms with E-state index in [1.807, 2.05) is 37.3 Å². The van der Waals surface area contributed by atoms with E-state index < -0.39 is 0 Å². The number of benzene rings is 2. The van der Waals surface area contributed by atoms with Crippen molar-refractivity contribution in [1.82, 2.24) is 14.8 Å². The number of fused-ring (bicyclic) bond motifs is 1. The van der Waals surface area contributed by atoms with Crippen LogP contribution in [0.1, 0.15) is 23.9 Å². The first kappa shape index (κ1) is 17.4. The van der Waals surface area contributed by atoms with E-state index in [-0.39, 0.29) is 5.82 Å². The molecule has 0 saturated carbocycles. The van der Waals surface area contributed by atoms with Crippen molar-refractivity contribution in [2.24, 2.45) is 0 Å². The fourth-order valence-electron chi connectivity index (χ4n) is 3.20. The molecule has 2 heterocycles. The van der Waals surface area contributed by atoms with Crippen LogP contribution < -0.4 is 0 Å². The number of methoxy groups -OCH3 is 1. The van der Waals surface area contributed by atoms with Crippen molar-refractivity contribution in [1.29, 1.82) is 0 Å². The minimum Gasteiger partial charge on any atom is -0.437 e. The molecular formula is C21H20FN3O2. The highest BCUT2D eigenvalue weighted by molar-refractivity contribution is 5.91. The van der Waals surface area contributed by atoms with Crippen LogP contribution in [0, 0.1) is 5.82 Å². The molecule has 5 nitrogen and oxygen atoms in total. The predicted octanol–water partition coefficient (Wildman–Crippen LogP) is 4.59. The fraction of sp³-hybridized carbons (Fsp3) is 0.238. The maximum atomic E-state index is 14.1. The van der Waals surface area contributed by atoms with Gasteiger partial charge in [0.1, 0.15) is 12.4 Å². The Morgan fingerprint density at radius 3 is 2.67 bits per heavy atom. The zero-order valence-corrected chi connectivity index (χ0v) is 15.3. The largest absolute Gasteiger partial charge is 0.437 e. The average molecular weight is 365 g/mol.